The largest absolute Gasteiger partial charge is 0.553 e. The summed E-state index contributed by atoms with van der Waals surface area (Å²) in [6.07, 6.45) is 6.98. The molecule has 0 bridgehead atoms. The Labute approximate surface area is 82.4 Å². The minimum Gasteiger partial charge on any atom is -0.553 e. The van der Waals surface area contributed by atoms with Crippen molar-refractivity contribution in [2.75, 3.05) is 0 Å². The third-order valence-corrected chi connectivity index (χ3v) is 1.79. The molecule has 0 aromatic rings. The van der Waals surface area contributed by atoms with Gasteiger partial charge in [0.25, 0.3) is 0 Å². The summed E-state index contributed by atoms with van der Waals surface area (Å²) >= 11 is 0. The molecule has 0 aromatic carbocycles. The first-order valence-electron chi connectivity index (χ1n) is 3.34. The van der Waals surface area contributed by atoms with E-state index < -0.39 is 0 Å². The minimum absolute atomic E-state index is 0. The molecule has 1 aliphatic carbocycles. The molecule has 0 aliphatic heterocycles. The number of hydrogen-bond donors (Lipinski definition) is 0. The summed E-state index contributed by atoms with van der Waals surface area (Å²) in [6.45, 7) is 0. The van der Waals surface area contributed by atoms with Crippen LogP contribution in [0.4, 0.5) is 0 Å². The van der Waals surface area contributed by atoms with Crippen molar-refractivity contribution in [3.05, 3.63) is 7.11 Å². The van der Waals surface area contributed by atoms with E-state index in [1.54, 1.807) is 0 Å². The predicted molar refractivity (Wildman–Crippen MR) is 33.3 cm³/mol. The van der Waals surface area contributed by atoms with Crippen LogP contribution in [0.5, 0.6) is 0 Å². The van der Waals surface area contributed by atoms with Crippen LogP contribution in [0.15, 0.2) is 0 Å². The van der Waals surface area contributed by atoms with Gasteiger partial charge in [-0.15, -0.1) is 0 Å². The topological polar surface area (TPSA) is 9.23 Å². The number of rotatable bonds is 1. The van der Waals surface area contributed by atoms with Gasteiger partial charge in [0.2, 0.25) is 0 Å². The van der Waals surface area contributed by atoms with Gasteiger partial charge in [0.15, 0.2) is 0 Å². The summed E-state index contributed by atoms with van der Waals surface area (Å²) in [5.41, 5.74) is 0. The second-order valence-corrected chi connectivity index (χ2v) is 2.43. The van der Waals surface area contributed by atoms with Crippen LogP contribution in [-0.2, 0) is 37.4 Å². The Morgan fingerprint density at radius 2 is 1.67 bits per heavy atom. The molecule has 0 aromatic heterocycles. The Morgan fingerprint density at radius 1 is 1.11 bits per heavy atom. The van der Waals surface area contributed by atoms with Crippen molar-refractivity contribution in [3.8, 4) is 0 Å². The van der Waals surface area contributed by atoms with Crippen LogP contribution in [0.2, 0.25) is 0 Å². The normalized spacial score (nSPS) is 21.0. The molecule has 0 unspecified atom stereocenters. The Kier molecular flexibility index (Phi) is 6.51. The van der Waals surface area contributed by atoms with E-state index in [9.17, 15) is 0 Å². The molecule has 2 heteroatoms. The molecular weight excluding hydrogens is 189 g/mol. The fourth-order valence-electron chi connectivity index (χ4n) is 1.23. The number of ether oxygens (including phenoxy) is 1. The van der Waals surface area contributed by atoms with Crippen LogP contribution in [0, 0.1) is 7.11 Å². The molecule has 1 saturated carbocycles. The first kappa shape index (κ1) is 10.1. The predicted octanol–water partition coefficient (Wildman–Crippen LogP) is 2.12. The molecule has 0 atom stereocenters. The fraction of sp³-hybridized carbons (Fsp3) is 0.857. The van der Waals surface area contributed by atoms with Gasteiger partial charge >= 0.3 is 0 Å². The van der Waals surface area contributed by atoms with E-state index in [-0.39, 0.29) is 32.7 Å². The standard InChI is InChI=1S/C7H13O.Y/c1-8-7-5-3-2-4-6-7;/h7H,1-6H2;/q-1;. The molecule has 9 heavy (non-hydrogen) atoms. The van der Waals surface area contributed by atoms with Crippen molar-refractivity contribution in [1.82, 2.24) is 0 Å². The van der Waals surface area contributed by atoms with Gasteiger partial charge in [-0.05, 0) is 12.8 Å². The summed E-state index contributed by atoms with van der Waals surface area (Å²) in [4.78, 5) is 0. The molecule has 1 aliphatic rings. The average Bonchev–Trinajstić information content (AvgIpc) is 1.90. The van der Waals surface area contributed by atoms with Crippen LogP contribution in [0.25, 0.3) is 0 Å². The maximum Gasteiger partial charge on any atom is 0.0228 e. The van der Waals surface area contributed by atoms with E-state index in [2.05, 4.69) is 7.11 Å². The third kappa shape index (κ3) is 3.69. The second kappa shape index (κ2) is 5.82. The van der Waals surface area contributed by atoms with Crippen molar-refractivity contribution in [2.45, 2.75) is 38.2 Å². The van der Waals surface area contributed by atoms with Crippen molar-refractivity contribution in [1.29, 1.82) is 0 Å². The molecule has 0 saturated heterocycles. The quantitative estimate of drug-likeness (QED) is 0.592. The molecular formula is C7H13OY-. The molecule has 0 heterocycles. The van der Waals surface area contributed by atoms with Gasteiger partial charge in [-0.2, -0.15) is 0 Å². The maximum absolute atomic E-state index is 4.94. The summed E-state index contributed by atoms with van der Waals surface area (Å²) in [7, 11) is 3.41. The van der Waals surface area contributed by atoms with Gasteiger partial charge < -0.3 is 4.74 Å². The molecule has 1 fully saturated rings. The van der Waals surface area contributed by atoms with Crippen molar-refractivity contribution < 1.29 is 37.4 Å². The van der Waals surface area contributed by atoms with E-state index in [1.807, 2.05) is 0 Å². The van der Waals surface area contributed by atoms with Crippen LogP contribution in [0.3, 0.4) is 0 Å². The van der Waals surface area contributed by atoms with E-state index in [1.165, 1.54) is 32.1 Å². The molecule has 1 radical (unpaired) electrons. The smallest absolute Gasteiger partial charge is 0.0228 e. The van der Waals surface area contributed by atoms with E-state index in [0.717, 1.165) is 0 Å². The Morgan fingerprint density at radius 3 is 2.00 bits per heavy atom. The monoisotopic (exact) mass is 202 g/mol. The van der Waals surface area contributed by atoms with Gasteiger partial charge in [-0.25, -0.2) is 7.11 Å². The summed E-state index contributed by atoms with van der Waals surface area (Å²) < 4.78 is 4.94. The molecule has 0 spiro atoms. The summed E-state index contributed by atoms with van der Waals surface area (Å²) in [5, 5.41) is 0. The van der Waals surface area contributed by atoms with Crippen LogP contribution in [0.1, 0.15) is 32.1 Å². The Hall–Kier alpha value is 1.06. The third-order valence-electron chi connectivity index (χ3n) is 1.79. The van der Waals surface area contributed by atoms with Gasteiger partial charge in [0, 0.05) is 38.8 Å². The zero-order chi connectivity index (χ0) is 5.82. The van der Waals surface area contributed by atoms with E-state index in [4.69, 9.17) is 4.74 Å². The molecule has 51 valence electrons. The van der Waals surface area contributed by atoms with Crippen molar-refractivity contribution in [3.63, 3.8) is 0 Å². The molecule has 0 N–H and O–H groups in total. The van der Waals surface area contributed by atoms with Gasteiger partial charge in [0.05, 0.1) is 0 Å². The SMILES string of the molecule is [CH2-]OC1CCCCC1.[Y]. The first-order valence-corrected chi connectivity index (χ1v) is 3.34. The summed E-state index contributed by atoms with van der Waals surface area (Å²) in [6, 6.07) is 0. The fourth-order valence-corrected chi connectivity index (χ4v) is 1.23. The van der Waals surface area contributed by atoms with E-state index in [0.29, 0.717) is 6.10 Å². The van der Waals surface area contributed by atoms with Gasteiger partial charge in [-0.1, -0.05) is 19.3 Å². The molecule has 1 rings (SSSR count). The van der Waals surface area contributed by atoms with Crippen molar-refractivity contribution in [2.24, 2.45) is 0 Å². The Bertz CT molecular complexity index is 59.9. The number of hydrogen-bond acceptors (Lipinski definition) is 1. The Balaban J connectivity index is 0.000000640. The molecule has 1 nitrogen and oxygen atoms in total. The van der Waals surface area contributed by atoms with Crippen LogP contribution >= 0.6 is 0 Å². The molecule has 0 amide bonds. The van der Waals surface area contributed by atoms with Gasteiger partial charge in [-0.3, -0.25) is 0 Å². The average molecular weight is 202 g/mol. The van der Waals surface area contributed by atoms with Crippen LogP contribution < -0.4 is 0 Å². The summed E-state index contributed by atoms with van der Waals surface area (Å²) in [5.74, 6) is 0. The van der Waals surface area contributed by atoms with Gasteiger partial charge in [0.1, 0.15) is 0 Å². The maximum atomic E-state index is 4.94. The van der Waals surface area contributed by atoms with Crippen LogP contribution in [-0.4, -0.2) is 6.10 Å². The zero-order valence-corrected chi connectivity index (χ0v) is 8.64. The zero-order valence-electron chi connectivity index (χ0n) is 5.81. The van der Waals surface area contributed by atoms with E-state index >= 15 is 0 Å². The second-order valence-electron chi connectivity index (χ2n) is 2.43. The first-order chi connectivity index (χ1) is 3.93. The van der Waals surface area contributed by atoms with Crippen molar-refractivity contribution >= 4 is 0 Å². The minimum atomic E-state index is 0.